The number of thiazole rings is 1. The highest BCUT2D eigenvalue weighted by Gasteiger charge is 2.34. The second kappa shape index (κ2) is 6.70. The topological polar surface area (TPSA) is 64.1 Å². The number of aromatic hydroxyl groups is 1. The summed E-state index contributed by atoms with van der Waals surface area (Å²) in [7, 11) is 0. The molecule has 1 aliphatic rings. The molecule has 4 rings (SSSR count). The minimum Gasteiger partial charge on any atom is -0.492 e. The lowest BCUT2D eigenvalue weighted by Crippen LogP contribution is -3.14. The van der Waals surface area contributed by atoms with Crippen LogP contribution in [0.2, 0.25) is 0 Å². The molecule has 2 N–H and O–H groups in total. The van der Waals surface area contributed by atoms with E-state index >= 15 is 0 Å². The number of nitrogens with zero attached hydrogens (tertiary/aromatic N) is 3. The Bertz CT molecular complexity index is 888. The summed E-state index contributed by atoms with van der Waals surface area (Å²) < 4.78 is 20.8. The van der Waals surface area contributed by atoms with E-state index in [1.807, 2.05) is 13.0 Å². The number of hydrogen-bond donors (Lipinski definition) is 2. The number of ether oxygens (including phenoxy) is 1. The molecule has 132 valence electrons. The van der Waals surface area contributed by atoms with Gasteiger partial charge in [0.05, 0.1) is 13.2 Å². The lowest BCUT2D eigenvalue weighted by Gasteiger charge is -2.31. The number of rotatable bonds is 4. The van der Waals surface area contributed by atoms with Crippen LogP contribution in [0.1, 0.15) is 29.2 Å². The van der Waals surface area contributed by atoms with Gasteiger partial charge in [0.2, 0.25) is 10.8 Å². The van der Waals surface area contributed by atoms with Crippen molar-refractivity contribution in [1.82, 2.24) is 14.6 Å². The van der Waals surface area contributed by atoms with Gasteiger partial charge in [0.1, 0.15) is 23.8 Å². The molecule has 3 aromatic rings. The van der Waals surface area contributed by atoms with Crippen LogP contribution in [-0.2, 0) is 11.2 Å². The molecule has 0 unspecified atom stereocenters. The molecule has 0 bridgehead atoms. The Hall–Kier alpha value is -2.03. The van der Waals surface area contributed by atoms with E-state index in [-0.39, 0.29) is 17.7 Å². The maximum absolute atomic E-state index is 13.8. The molecule has 1 aliphatic heterocycles. The number of aromatic nitrogens is 3. The van der Waals surface area contributed by atoms with Gasteiger partial charge in [-0.1, -0.05) is 30.4 Å². The molecule has 2 aromatic heterocycles. The van der Waals surface area contributed by atoms with E-state index in [9.17, 15) is 9.50 Å². The third-order valence-electron chi connectivity index (χ3n) is 4.55. The van der Waals surface area contributed by atoms with Crippen molar-refractivity contribution in [3.05, 3.63) is 46.3 Å². The van der Waals surface area contributed by atoms with Gasteiger partial charge in [-0.2, -0.15) is 4.52 Å². The average molecular weight is 363 g/mol. The fourth-order valence-electron chi connectivity index (χ4n) is 3.31. The van der Waals surface area contributed by atoms with Gasteiger partial charge in [-0.3, -0.25) is 0 Å². The largest absolute Gasteiger partial charge is 0.492 e. The summed E-state index contributed by atoms with van der Waals surface area (Å²) in [4.78, 5) is 7.13. The monoisotopic (exact) mass is 363 g/mol. The predicted octanol–water partition coefficient (Wildman–Crippen LogP) is 1.20. The number of halogens is 1. The Morgan fingerprint density at radius 3 is 2.88 bits per heavy atom. The number of fused-ring (bicyclic) bond motifs is 1. The van der Waals surface area contributed by atoms with Gasteiger partial charge in [0, 0.05) is 12.0 Å². The molecule has 1 fully saturated rings. The Labute approximate surface area is 148 Å². The zero-order valence-electron chi connectivity index (χ0n) is 13.9. The van der Waals surface area contributed by atoms with Crippen LogP contribution in [-0.4, -0.2) is 46.0 Å². The summed E-state index contributed by atoms with van der Waals surface area (Å²) in [6.45, 7) is 4.89. The first-order valence-electron chi connectivity index (χ1n) is 8.42. The fraction of sp³-hybridized carbons (Fsp3) is 0.412. The molecule has 0 aliphatic carbocycles. The van der Waals surface area contributed by atoms with E-state index in [2.05, 4.69) is 10.1 Å². The van der Waals surface area contributed by atoms with Gasteiger partial charge < -0.3 is 14.7 Å². The van der Waals surface area contributed by atoms with E-state index in [1.54, 1.807) is 12.1 Å². The molecule has 6 nitrogen and oxygen atoms in total. The van der Waals surface area contributed by atoms with E-state index in [0.717, 1.165) is 23.5 Å². The normalized spacial score (nSPS) is 17.2. The number of benzene rings is 1. The van der Waals surface area contributed by atoms with Crippen molar-refractivity contribution in [2.75, 3.05) is 26.3 Å². The first-order chi connectivity index (χ1) is 12.2. The molecule has 3 heterocycles. The summed E-state index contributed by atoms with van der Waals surface area (Å²) >= 11 is 1.42. The van der Waals surface area contributed by atoms with E-state index in [1.165, 1.54) is 26.8 Å². The van der Waals surface area contributed by atoms with Crippen LogP contribution in [0.5, 0.6) is 5.88 Å². The first-order valence-corrected chi connectivity index (χ1v) is 9.24. The molecule has 1 atom stereocenters. The summed E-state index contributed by atoms with van der Waals surface area (Å²) in [6.07, 6.45) is 0.714. The first kappa shape index (κ1) is 16.4. The minimum atomic E-state index is -0.276. The van der Waals surface area contributed by atoms with Gasteiger partial charge in [-0.05, 0) is 12.1 Å². The second-order valence-electron chi connectivity index (χ2n) is 6.12. The summed E-state index contributed by atoms with van der Waals surface area (Å²) in [5.74, 6) is 0.525. The van der Waals surface area contributed by atoms with Crippen molar-refractivity contribution in [1.29, 1.82) is 0 Å². The Morgan fingerprint density at radius 1 is 1.40 bits per heavy atom. The molecule has 0 radical (unpaired) electrons. The van der Waals surface area contributed by atoms with Crippen molar-refractivity contribution in [2.24, 2.45) is 0 Å². The van der Waals surface area contributed by atoms with Crippen molar-refractivity contribution in [3.63, 3.8) is 0 Å². The standard InChI is InChI=1S/C17H19FN4O2S/c1-2-13-19-17-22(20-13)16(23)15(25-17)14(21-6-8-24-9-7-21)11-4-3-5-12(18)10-11/h3-5,10,14,23H,2,6-9H2,1H3/p+1/t14-/m1/s1. The summed E-state index contributed by atoms with van der Waals surface area (Å²) in [6, 6.07) is 6.42. The smallest absolute Gasteiger partial charge is 0.235 e. The van der Waals surface area contributed by atoms with Crippen LogP contribution in [0.4, 0.5) is 4.39 Å². The molecule has 8 heteroatoms. The highest BCUT2D eigenvalue weighted by Crippen LogP contribution is 2.35. The predicted molar refractivity (Wildman–Crippen MR) is 91.7 cm³/mol. The molecular weight excluding hydrogens is 343 g/mol. The van der Waals surface area contributed by atoms with Crippen molar-refractivity contribution < 1.29 is 19.1 Å². The van der Waals surface area contributed by atoms with E-state index in [4.69, 9.17) is 4.74 Å². The summed E-state index contributed by atoms with van der Waals surface area (Å²) in [5, 5.41) is 15.1. The Balaban J connectivity index is 1.82. The summed E-state index contributed by atoms with van der Waals surface area (Å²) in [5.41, 5.74) is 0.840. The van der Waals surface area contributed by atoms with Gasteiger partial charge in [-0.25, -0.2) is 9.37 Å². The third kappa shape index (κ3) is 3.01. The molecule has 1 aromatic carbocycles. The SMILES string of the molecule is CCc1nc2sc([C@@H](c3cccc(F)c3)[NH+]3CCOCC3)c(O)n2n1. The van der Waals surface area contributed by atoms with Gasteiger partial charge in [0.25, 0.3) is 0 Å². The number of nitrogens with one attached hydrogen (secondary N) is 1. The van der Waals surface area contributed by atoms with E-state index < -0.39 is 0 Å². The highest BCUT2D eigenvalue weighted by atomic mass is 32.1. The average Bonchev–Trinajstić information content (AvgIpc) is 3.16. The second-order valence-corrected chi connectivity index (χ2v) is 7.13. The molecule has 25 heavy (non-hydrogen) atoms. The molecule has 1 saturated heterocycles. The molecule has 0 saturated carbocycles. The van der Waals surface area contributed by atoms with Gasteiger partial charge >= 0.3 is 0 Å². The lowest BCUT2D eigenvalue weighted by molar-refractivity contribution is -0.932. The highest BCUT2D eigenvalue weighted by molar-refractivity contribution is 7.17. The van der Waals surface area contributed by atoms with Gasteiger partial charge in [0.15, 0.2) is 11.9 Å². The van der Waals surface area contributed by atoms with Crippen molar-refractivity contribution in [2.45, 2.75) is 19.4 Å². The fourth-order valence-corrected chi connectivity index (χ4v) is 4.47. The lowest BCUT2D eigenvalue weighted by atomic mass is 10.0. The Morgan fingerprint density at radius 2 is 2.20 bits per heavy atom. The van der Waals surface area contributed by atoms with Crippen LogP contribution >= 0.6 is 11.3 Å². The van der Waals surface area contributed by atoms with Crippen molar-refractivity contribution in [3.8, 4) is 5.88 Å². The number of hydrogen-bond acceptors (Lipinski definition) is 5. The zero-order chi connectivity index (χ0) is 17.4. The maximum atomic E-state index is 13.8. The zero-order valence-corrected chi connectivity index (χ0v) is 14.7. The van der Waals surface area contributed by atoms with Crippen LogP contribution < -0.4 is 4.90 Å². The number of morpholine rings is 1. The molecule has 0 amide bonds. The third-order valence-corrected chi connectivity index (χ3v) is 5.63. The van der Waals surface area contributed by atoms with Crippen molar-refractivity contribution >= 4 is 16.3 Å². The van der Waals surface area contributed by atoms with Crippen LogP contribution in [0.15, 0.2) is 24.3 Å². The Kier molecular flexibility index (Phi) is 4.41. The maximum Gasteiger partial charge on any atom is 0.235 e. The van der Waals surface area contributed by atoms with Gasteiger partial charge in [-0.15, -0.1) is 5.10 Å². The van der Waals surface area contributed by atoms with Crippen LogP contribution in [0.25, 0.3) is 4.96 Å². The van der Waals surface area contributed by atoms with Crippen LogP contribution in [0.3, 0.4) is 0 Å². The van der Waals surface area contributed by atoms with Crippen LogP contribution in [0, 0.1) is 5.82 Å². The minimum absolute atomic E-state index is 0.0976. The van der Waals surface area contributed by atoms with E-state index in [0.29, 0.717) is 30.4 Å². The number of aryl methyl sites for hydroxylation is 1. The molecule has 0 spiro atoms. The molecular formula is C17H20FN4O2S+. The number of quaternary nitrogens is 1. The quantitative estimate of drug-likeness (QED) is 0.731.